The molecule has 0 unspecified atom stereocenters. The first-order chi connectivity index (χ1) is 6.22. The number of aromatic nitrogens is 2. The Morgan fingerprint density at radius 1 is 1.62 bits per heavy atom. The first kappa shape index (κ1) is 8.09. The van der Waals surface area contributed by atoms with Crippen LogP contribution in [0.2, 0.25) is 5.02 Å². The van der Waals surface area contributed by atoms with Crippen LogP contribution in [0.1, 0.15) is 5.69 Å². The third kappa shape index (κ3) is 1.16. The minimum absolute atomic E-state index is 0.347. The molecule has 0 saturated carbocycles. The number of hydrogen-bond acceptors (Lipinski definition) is 2. The molecule has 0 aliphatic rings. The molecular weight excluding hydrogens is 186 g/mol. The van der Waals surface area contributed by atoms with Crippen LogP contribution >= 0.6 is 11.6 Å². The van der Waals surface area contributed by atoms with Crippen LogP contribution in [0.5, 0.6) is 0 Å². The molecule has 0 N–H and O–H groups in total. The van der Waals surface area contributed by atoms with Gasteiger partial charge in [-0.05, 0) is 12.1 Å². The summed E-state index contributed by atoms with van der Waals surface area (Å²) in [5.41, 5.74) is 1.09. The van der Waals surface area contributed by atoms with Gasteiger partial charge in [-0.3, -0.25) is 0 Å². The average Bonchev–Trinajstić information content (AvgIpc) is 2.48. The molecule has 0 spiro atoms. The van der Waals surface area contributed by atoms with Gasteiger partial charge in [-0.15, -0.1) is 0 Å². The summed E-state index contributed by atoms with van der Waals surface area (Å²) in [5, 5.41) is 10.1. The molecule has 2 aromatic rings. The third-order valence-electron chi connectivity index (χ3n) is 1.90. The molecule has 13 heavy (non-hydrogen) atoms. The molecule has 0 bridgehead atoms. The van der Waals surface area contributed by atoms with E-state index in [1.54, 1.807) is 6.07 Å². The van der Waals surface area contributed by atoms with Crippen molar-refractivity contribution in [3.05, 3.63) is 29.0 Å². The Labute approximate surface area is 80.2 Å². The standard InChI is InChI=1S/C9H6ClN3/c1-13-3-2-7-8(10)4-6(5-11)12-9(7)13/h2-4H,1H3. The fourth-order valence-electron chi connectivity index (χ4n) is 1.25. The number of halogens is 1. The van der Waals surface area contributed by atoms with E-state index >= 15 is 0 Å². The summed E-state index contributed by atoms with van der Waals surface area (Å²) in [5.74, 6) is 0. The predicted molar refractivity (Wildman–Crippen MR) is 50.4 cm³/mol. The van der Waals surface area contributed by atoms with Gasteiger partial charge in [0.1, 0.15) is 17.4 Å². The lowest BCUT2D eigenvalue weighted by Gasteiger charge is -1.97. The zero-order valence-electron chi connectivity index (χ0n) is 6.95. The van der Waals surface area contributed by atoms with E-state index in [9.17, 15) is 0 Å². The monoisotopic (exact) mass is 191 g/mol. The highest BCUT2D eigenvalue weighted by Crippen LogP contribution is 2.22. The number of aryl methyl sites for hydroxylation is 1. The van der Waals surface area contributed by atoms with Crippen molar-refractivity contribution in [3.63, 3.8) is 0 Å². The highest BCUT2D eigenvalue weighted by molar-refractivity contribution is 6.35. The second kappa shape index (κ2) is 2.75. The summed E-state index contributed by atoms with van der Waals surface area (Å²) in [6.45, 7) is 0. The van der Waals surface area contributed by atoms with Gasteiger partial charge in [0.2, 0.25) is 0 Å². The smallest absolute Gasteiger partial charge is 0.144 e. The van der Waals surface area contributed by atoms with Crippen molar-refractivity contribution < 1.29 is 0 Å². The minimum Gasteiger partial charge on any atom is -0.335 e. The Morgan fingerprint density at radius 3 is 3.08 bits per heavy atom. The van der Waals surface area contributed by atoms with E-state index in [1.165, 1.54) is 0 Å². The number of rotatable bonds is 0. The van der Waals surface area contributed by atoms with Crippen LogP contribution < -0.4 is 0 Å². The average molecular weight is 192 g/mol. The predicted octanol–water partition coefficient (Wildman–Crippen LogP) is 2.10. The van der Waals surface area contributed by atoms with Crippen LogP contribution in [0.25, 0.3) is 11.0 Å². The van der Waals surface area contributed by atoms with E-state index in [1.807, 2.05) is 29.9 Å². The van der Waals surface area contributed by atoms with Crippen LogP contribution in [0, 0.1) is 11.3 Å². The van der Waals surface area contributed by atoms with E-state index in [-0.39, 0.29) is 0 Å². The summed E-state index contributed by atoms with van der Waals surface area (Å²) in [6, 6.07) is 5.42. The van der Waals surface area contributed by atoms with Gasteiger partial charge in [-0.1, -0.05) is 11.6 Å². The summed E-state index contributed by atoms with van der Waals surface area (Å²) in [4.78, 5) is 4.13. The second-order valence-electron chi connectivity index (χ2n) is 2.77. The third-order valence-corrected chi connectivity index (χ3v) is 2.21. The quantitative estimate of drug-likeness (QED) is 0.640. The molecule has 2 aromatic heterocycles. The normalized spacial score (nSPS) is 10.2. The molecule has 0 atom stereocenters. The Morgan fingerprint density at radius 2 is 2.38 bits per heavy atom. The van der Waals surface area contributed by atoms with Crippen molar-refractivity contribution >= 4 is 22.6 Å². The van der Waals surface area contributed by atoms with Crippen molar-refractivity contribution in [3.8, 4) is 6.07 Å². The summed E-state index contributed by atoms with van der Waals surface area (Å²) in [7, 11) is 1.87. The van der Waals surface area contributed by atoms with Gasteiger partial charge in [-0.25, -0.2) is 4.98 Å². The number of nitrogens with zero attached hydrogens (tertiary/aromatic N) is 3. The maximum Gasteiger partial charge on any atom is 0.144 e. The lowest BCUT2D eigenvalue weighted by Crippen LogP contribution is -1.90. The molecule has 64 valence electrons. The Kier molecular flexibility index (Phi) is 1.71. The maximum atomic E-state index is 8.67. The summed E-state index contributed by atoms with van der Waals surface area (Å²) < 4.78 is 1.84. The SMILES string of the molecule is Cn1ccc2c(Cl)cc(C#N)nc21. The lowest BCUT2D eigenvalue weighted by atomic mass is 10.3. The Balaban J connectivity index is 2.90. The van der Waals surface area contributed by atoms with Gasteiger partial charge < -0.3 is 4.57 Å². The molecule has 0 aromatic carbocycles. The van der Waals surface area contributed by atoms with E-state index < -0.39 is 0 Å². The second-order valence-corrected chi connectivity index (χ2v) is 3.17. The van der Waals surface area contributed by atoms with Crippen LogP contribution in [-0.4, -0.2) is 9.55 Å². The topological polar surface area (TPSA) is 41.6 Å². The Bertz CT molecular complexity index is 507. The largest absolute Gasteiger partial charge is 0.335 e. The van der Waals surface area contributed by atoms with Crippen molar-refractivity contribution in [2.45, 2.75) is 0 Å². The van der Waals surface area contributed by atoms with Crippen LogP contribution in [-0.2, 0) is 7.05 Å². The molecule has 4 heteroatoms. The van der Waals surface area contributed by atoms with Gasteiger partial charge in [0.25, 0.3) is 0 Å². The molecular formula is C9H6ClN3. The molecule has 2 heterocycles. The fourth-order valence-corrected chi connectivity index (χ4v) is 1.50. The zero-order valence-corrected chi connectivity index (χ0v) is 7.71. The lowest BCUT2D eigenvalue weighted by molar-refractivity contribution is 0.946. The molecule has 0 saturated heterocycles. The minimum atomic E-state index is 0.347. The number of hydrogen-bond donors (Lipinski definition) is 0. The van der Waals surface area contributed by atoms with E-state index in [2.05, 4.69) is 4.98 Å². The van der Waals surface area contributed by atoms with Crippen LogP contribution in [0.4, 0.5) is 0 Å². The van der Waals surface area contributed by atoms with Crippen molar-refractivity contribution in [2.75, 3.05) is 0 Å². The molecule has 0 aliphatic carbocycles. The molecule has 0 radical (unpaired) electrons. The van der Waals surface area contributed by atoms with Crippen LogP contribution in [0.15, 0.2) is 18.3 Å². The van der Waals surface area contributed by atoms with Gasteiger partial charge in [0.15, 0.2) is 0 Å². The molecule has 0 amide bonds. The molecule has 2 rings (SSSR count). The first-order valence-electron chi connectivity index (χ1n) is 3.74. The van der Waals surface area contributed by atoms with Gasteiger partial charge >= 0.3 is 0 Å². The molecule has 3 nitrogen and oxygen atoms in total. The number of pyridine rings is 1. The number of nitriles is 1. The van der Waals surface area contributed by atoms with Crippen LogP contribution in [0.3, 0.4) is 0 Å². The summed E-state index contributed by atoms with van der Waals surface area (Å²) in [6.07, 6.45) is 1.87. The maximum absolute atomic E-state index is 8.67. The molecule has 0 aliphatic heterocycles. The first-order valence-corrected chi connectivity index (χ1v) is 4.12. The van der Waals surface area contributed by atoms with Gasteiger partial charge in [0.05, 0.1) is 5.02 Å². The van der Waals surface area contributed by atoms with Crippen molar-refractivity contribution in [1.82, 2.24) is 9.55 Å². The van der Waals surface area contributed by atoms with Gasteiger partial charge in [0, 0.05) is 18.6 Å². The van der Waals surface area contributed by atoms with Crippen molar-refractivity contribution in [2.24, 2.45) is 7.05 Å². The number of fused-ring (bicyclic) bond motifs is 1. The molecule has 0 fully saturated rings. The van der Waals surface area contributed by atoms with E-state index in [0.717, 1.165) is 11.0 Å². The van der Waals surface area contributed by atoms with Crippen molar-refractivity contribution in [1.29, 1.82) is 5.26 Å². The Hall–Kier alpha value is -1.53. The fraction of sp³-hybridized carbons (Fsp3) is 0.111. The van der Waals surface area contributed by atoms with Gasteiger partial charge in [-0.2, -0.15) is 5.26 Å². The highest BCUT2D eigenvalue weighted by Gasteiger charge is 2.05. The highest BCUT2D eigenvalue weighted by atomic mass is 35.5. The zero-order chi connectivity index (χ0) is 9.42. The van der Waals surface area contributed by atoms with E-state index in [0.29, 0.717) is 10.7 Å². The summed E-state index contributed by atoms with van der Waals surface area (Å²) >= 11 is 5.95. The van der Waals surface area contributed by atoms with E-state index in [4.69, 9.17) is 16.9 Å².